The number of esters is 7. The van der Waals surface area contributed by atoms with E-state index in [1.807, 2.05) is 27.7 Å². The average Bonchev–Trinajstić information content (AvgIpc) is 4.09. The molecule has 9 aliphatic rings. The zero-order valence-corrected chi connectivity index (χ0v) is 41.9. The van der Waals surface area contributed by atoms with E-state index in [1.54, 1.807) is 27.7 Å². The highest BCUT2D eigenvalue weighted by atomic mass is 16.6. The molecule has 9 unspecified atom stereocenters. The van der Waals surface area contributed by atoms with Gasteiger partial charge >= 0.3 is 41.8 Å². The summed E-state index contributed by atoms with van der Waals surface area (Å²) in [7, 11) is 0. The van der Waals surface area contributed by atoms with Crippen LogP contribution in [0.3, 0.4) is 0 Å². The molecule has 2 aliphatic heterocycles. The van der Waals surface area contributed by atoms with E-state index in [2.05, 4.69) is 13.8 Å². The topological polar surface area (TPSA) is 184 Å². The molecule has 2 heterocycles. The predicted molar refractivity (Wildman–Crippen MR) is 241 cm³/mol. The molecule has 14 nitrogen and oxygen atoms in total. The van der Waals surface area contributed by atoms with E-state index in [9.17, 15) is 24.0 Å². The molecule has 7 aliphatic carbocycles. The van der Waals surface area contributed by atoms with Gasteiger partial charge in [0.15, 0.2) is 6.61 Å². The average molecular weight is 939 g/mol. The van der Waals surface area contributed by atoms with Crippen LogP contribution >= 0.6 is 0 Å². The van der Waals surface area contributed by atoms with Crippen molar-refractivity contribution in [3.63, 3.8) is 0 Å². The maximum atomic E-state index is 15.4. The molecule has 374 valence electrons. The molecule has 9 atom stereocenters. The van der Waals surface area contributed by atoms with Crippen LogP contribution in [-0.4, -0.2) is 84.5 Å². The molecule has 9 rings (SSSR count). The molecule has 0 aromatic heterocycles. The van der Waals surface area contributed by atoms with Crippen LogP contribution in [0.4, 0.5) is 0 Å². The second kappa shape index (κ2) is 17.9. The van der Waals surface area contributed by atoms with Gasteiger partial charge in [-0.05, 0) is 166 Å². The molecule has 9 fully saturated rings. The lowest BCUT2D eigenvalue weighted by Gasteiger charge is -2.62. The molecule has 0 amide bonds. The SMILES string of the molecule is CCC(C)(CC(C)(CC(C)(CC(C)(C)C(=O)OCC(=O)OC1C2CC3C(=O)OC1C3C2)C(=O)OC1CCOC1=O)C(=O)OC1(C(C)C)CCCC1)C(=O)OC1(C(C)C)C2CC3CC(C2)CC1C3. The van der Waals surface area contributed by atoms with Gasteiger partial charge in [-0.15, -0.1) is 0 Å². The summed E-state index contributed by atoms with van der Waals surface area (Å²) in [5.41, 5.74) is -7.21. The fourth-order valence-electron chi connectivity index (χ4n) is 15.5. The van der Waals surface area contributed by atoms with Crippen molar-refractivity contribution in [1.82, 2.24) is 0 Å². The first-order chi connectivity index (χ1) is 31.4. The number of carbonyl (C=O) groups is 7. The van der Waals surface area contributed by atoms with Crippen molar-refractivity contribution in [2.45, 2.75) is 201 Å². The third kappa shape index (κ3) is 8.92. The molecule has 0 spiro atoms. The highest BCUT2D eigenvalue weighted by Crippen LogP contribution is 2.63. The van der Waals surface area contributed by atoms with Gasteiger partial charge in [-0.2, -0.15) is 0 Å². The Morgan fingerprint density at radius 2 is 1.28 bits per heavy atom. The standard InChI is InChI=1S/C53H78O14/c1-11-49(8,46(59)67-53(30(4)5)34-19-31-18-32(21-34)22-35(53)20-31)27-51(10,47(60)66-52(29(2)3)15-12-13-16-52)28-50(9,45(58)63-38-14-17-61-43(38)56)26-48(6,7)44(57)62-25-39(54)64-40-33-23-36-37(24-33)42(55)65-41(36)40/h29-38,40-41H,11-28H2,1-10H3. The van der Waals surface area contributed by atoms with E-state index in [1.165, 1.54) is 6.42 Å². The highest BCUT2D eigenvalue weighted by molar-refractivity contribution is 5.87. The Hall–Kier alpha value is -3.71. The van der Waals surface area contributed by atoms with Gasteiger partial charge in [0, 0.05) is 18.3 Å². The van der Waals surface area contributed by atoms with Crippen LogP contribution in [0.1, 0.15) is 172 Å². The number of hydrogen-bond donors (Lipinski definition) is 0. The maximum Gasteiger partial charge on any atom is 0.347 e. The Bertz CT molecular complexity index is 1950. The van der Waals surface area contributed by atoms with Gasteiger partial charge in [0.25, 0.3) is 0 Å². The lowest BCUT2D eigenvalue weighted by atomic mass is 9.47. The van der Waals surface area contributed by atoms with Crippen molar-refractivity contribution in [3.8, 4) is 0 Å². The van der Waals surface area contributed by atoms with Gasteiger partial charge in [0.05, 0.1) is 34.2 Å². The number of ether oxygens (including phenoxy) is 7. The summed E-state index contributed by atoms with van der Waals surface area (Å²) in [6.45, 7) is 18.1. The molecule has 0 aromatic carbocycles. The first kappa shape index (κ1) is 49.7. The van der Waals surface area contributed by atoms with Crippen LogP contribution in [0.2, 0.25) is 0 Å². The van der Waals surface area contributed by atoms with Gasteiger partial charge in [-0.3, -0.25) is 24.0 Å². The van der Waals surface area contributed by atoms with E-state index in [0.29, 0.717) is 37.5 Å². The second-order valence-electron chi connectivity index (χ2n) is 24.8. The van der Waals surface area contributed by atoms with Crippen LogP contribution in [-0.2, 0) is 66.7 Å². The van der Waals surface area contributed by atoms with E-state index in [0.717, 1.165) is 44.9 Å². The molecule has 67 heavy (non-hydrogen) atoms. The molecular weight excluding hydrogens is 861 g/mol. The molecule has 14 heteroatoms. The second-order valence-corrected chi connectivity index (χ2v) is 24.8. The fourth-order valence-corrected chi connectivity index (χ4v) is 15.5. The van der Waals surface area contributed by atoms with Crippen LogP contribution in [0, 0.1) is 74.9 Å². The van der Waals surface area contributed by atoms with Crippen molar-refractivity contribution in [3.05, 3.63) is 0 Å². The van der Waals surface area contributed by atoms with Crippen LogP contribution in [0.15, 0.2) is 0 Å². The van der Waals surface area contributed by atoms with Gasteiger partial charge in [-0.25, -0.2) is 9.59 Å². The van der Waals surface area contributed by atoms with Crippen molar-refractivity contribution in [2.24, 2.45) is 74.9 Å². The Morgan fingerprint density at radius 3 is 1.85 bits per heavy atom. The first-order valence-corrected chi connectivity index (χ1v) is 25.8. The summed E-state index contributed by atoms with van der Waals surface area (Å²) in [6, 6.07) is 0. The number of fused-ring (bicyclic) bond motifs is 1. The Morgan fingerprint density at radius 1 is 0.687 bits per heavy atom. The normalized spacial score (nSPS) is 35.9. The van der Waals surface area contributed by atoms with Gasteiger partial charge < -0.3 is 33.2 Å². The Labute approximate surface area is 397 Å². The summed E-state index contributed by atoms with van der Waals surface area (Å²) in [6.07, 6.45) is 7.69. The Balaban J connectivity index is 1.07. The zero-order valence-electron chi connectivity index (χ0n) is 41.9. The molecule has 2 saturated heterocycles. The summed E-state index contributed by atoms with van der Waals surface area (Å²) in [4.78, 5) is 97.7. The lowest BCUT2D eigenvalue weighted by molar-refractivity contribution is -0.234. The number of hydrogen-bond acceptors (Lipinski definition) is 14. The highest BCUT2D eigenvalue weighted by Gasteiger charge is 2.65. The summed E-state index contributed by atoms with van der Waals surface area (Å²) in [5.74, 6) is -2.40. The minimum Gasteiger partial charge on any atom is -0.463 e. The van der Waals surface area contributed by atoms with Crippen LogP contribution in [0.5, 0.6) is 0 Å². The van der Waals surface area contributed by atoms with E-state index < -0.39 is 87.6 Å². The summed E-state index contributed by atoms with van der Waals surface area (Å²) < 4.78 is 41.7. The van der Waals surface area contributed by atoms with Crippen LogP contribution < -0.4 is 0 Å². The summed E-state index contributed by atoms with van der Waals surface area (Å²) >= 11 is 0. The number of cyclic esters (lactones) is 1. The van der Waals surface area contributed by atoms with Crippen molar-refractivity contribution < 1.29 is 66.7 Å². The van der Waals surface area contributed by atoms with Gasteiger partial charge in [0.1, 0.15) is 23.4 Å². The van der Waals surface area contributed by atoms with E-state index in [4.69, 9.17) is 33.2 Å². The zero-order chi connectivity index (χ0) is 48.6. The smallest absolute Gasteiger partial charge is 0.347 e. The fraction of sp³-hybridized carbons (Fsp3) is 0.868. The number of rotatable bonds is 19. The molecule has 0 N–H and O–H groups in total. The molecular formula is C53H78O14. The van der Waals surface area contributed by atoms with Gasteiger partial charge in [-0.1, -0.05) is 34.6 Å². The van der Waals surface area contributed by atoms with E-state index >= 15 is 9.59 Å². The first-order valence-electron chi connectivity index (χ1n) is 25.8. The third-order valence-corrected chi connectivity index (χ3v) is 18.7. The minimum atomic E-state index is -1.66. The van der Waals surface area contributed by atoms with Crippen LogP contribution in [0.25, 0.3) is 0 Å². The lowest BCUT2D eigenvalue weighted by Crippen LogP contribution is -2.63. The van der Waals surface area contributed by atoms with Gasteiger partial charge in [0.2, 0.25) is 6.10 Å². The molecule has 7 saturated carbocycles. The molecule has 6 bridgehead atoms. The largest absolute Gasteiger partial charge is 0.463 e. The predicted octanol–water partition coefficient (Wildman–Crippen LogP) is 8.41. The Kier molecular flexibility index (Phi) is 13.3. The maximum absolute atomic E-state index is 15.4. The van der Waals surface area contributed by atoms with Crippen molar-refractivity contribution in [1.29, 1.82) is 0 Å². The minimum absolute atomic E-state index is 0.00153. The molecule has 0 aromatic rings. The quantitative estimate of drug-likeness (QED) is 0.0888. The molecule has 0 radical (unpaired) electrons. The summed E-state index contributed by atoms with van der Waals surface area (Å²) in [5, 5.41) is 0. The van der Waals surface area contributed by atoms with Crippen molar-refractivity contribution in [2.75, 3.05) is 13.2 Å². The third-order valence-electron chi connectivity index (χ3n) is 18.7. The van der Waals surface area contributed by atoms with Crippen molar-refractivity contribution >= 4 is 41.8 Å². The van der Waals surface area contributed by atoms with E-state index in [-0.39, 0.29) is 85.7 Å². The number of carbonyl (C=O) groups excluding carboxylic acids is 7. The monoisotopic (exact) mass is 939 g/mol.